The zero-order valence-electron chi connectivity index (χ0n) is 11.8. The van der Waals surface area contributed by atoms with Crippen LogP contribution in [0.3, 0.4) is 0 Å². The lowest BCUT2D eigenvalue weighted by Crippen LogP contribution is -2.29. The van der Waals surface area contributed by atoms with Crippen molar-refractivity contribution >= 4 is 19.9 Å². The van der Waals surface area contributed by atoms with Crippen LogP contribution in [-0.4, -0.2) is 14.2 Å². The molecule has 0 radical (unpaired) electrons. The Balaban J connectivity index is 2.36. The predicted octanol–water partition coefficient (Wildman–Crippen LogP) is 4.97. The second kappa shape index (κ2) is 8.03. The predicted molar refractivity (Wildman–Crippen MR) is 79.7 cm³/mol. The molecule has 0 aromatic carbocycles. The summed E-state index contributed by atoms with van der Waals surface area (Å²) in [4.78, 5) is 0. The van der Waals surface area contributed by atoms with Gasteiger partial charge in [0.05, 0.1) is 6.61 Å². The summed E-state index contributed by atoms with van der Waals surface area (Å²) in [5, 5.41) is 0. The lowest BCUT2D eigenvalue weighted by molar-refractivity contribution is 0.255. The second-order valence-corrected chi connectivity index (χ2v) is 10.00. The smallest absolute Gasteiger partial charge is 0.187 e. The van der Waals surface area contributed by atoms with E-state index in [-0.39, 0.29) is 0 Å². The van der Waals surface area contributed by atoms with Crippen LogP contribution in [0.1, 0.15) is 37.7 Å². The van der Waals surface area contributed by atoms with Gasteiger partial charge in [-0.3, -0.25) is 0 Å². The van der Waals surface area contributed by atoms with Crippen LogP contribution in [0.25, 0.3) is 0 Å². The van der Waals surface area contributed by atoms with Crippen molar-refractivity contribution in [1.29, 1.82) is 0 Å². The second-order valence-electron chi connectivity index (χ2n) is 5.31. The molecule has 1 aromatic rings. The molecule has 0 aliphatic heterocycles. The maximum Gasteiger partial charge on any atom is 0.187 e. The van der Waals surface area contributed by atoms with E-state index in [2.05, 4.69) is 20.0 Å². The molecule has 0 atom stereocenters. The van der Waals surface area contributed by atoms with Crippen LogP contribution in [-0.2, 0) is 17.5 Å². The van der Waals surface area contributed by atoms with Crippen molar-refractivity contribution in [1.82, 2.24) is 0 Å². The summed E-state index contributed by atoms with van der Waals surface area (Å²) in [7, 11) is -1.50. The summed E-state index contributed by atoms with van der Waals surface area (Å²) in [6.07, 6.45) is 4.38. The van der Waals surface area contributed by atoms with Crippen molar-refractivity contribution < 1.29 is 8.84 Å². The Morgan fingerprint density at radius 1 is 1.22 bits per heavy atom. The molecule has 0 amide bonds. The van der Waals surface area contributed by atoms with E-state index in [0.29, 0.717) is 12.5 Å². The van der Waals surface area contributed by atoms with Gasteiger partial charge in [-0.2, -0.15) is 0 Å². The van der Waals surface area contributed by atoms with Gasteiger partial charge in [-0.15, -0.1) is 11.6 Å². The normalized spacial score (nSPS) is 12.0. The number of furan rings is 1. The van der Waals surface area contributed by atoms with E-state index in [1.165, 1.54) is 18.9 Å². The maximum absolute atomic E-state index is 6.05. The lowest BCUT2D eigenvalue weighted by Gasteiger charge is -2.21. The van der Waals surface area contributed by atoms with E-state index in [4.69, 9.17) is 20.4 Å². The zero-order chi connectivity index (χ0) is 13.4. The minimum atomic E-state index is -1.50. The van der Waals surface area contributed by atoms with Gasteiger partial charge in [0.2, 0.25) is 0 Å². The van der Waals surface area contributed by atoms with E-state index >= 15 is 0 Å². The summed E-state index contributed by atoms with van der Waals surface area (Å²) in [5.41, 5.74) is 0. The van der Waals surface area contributed by atoms with Crippen LogP contribution in [0, 0.1) is 0 Å². The third-order valence-electron chi connectivity index (χ3n) is 3.01. The van der Waals surface area contributed by atoms with Gasteiger partial charge >= 0.3 is 0 Å². The SMILES string of the molecule is CCCC[Si](C)(C)OCc1ccc(CCCCl)o1. The Morgan fingerprint density at radius 2 is 1.94 bits per heavy atom. The van der Waals surface area contributed by atoms with E-state index in [9.17, 15) is 0 Å². The van der Waals surface area contributed by atoms with Gasteiger partial charge in [0.15, 0.2) is 8.32 Å². The molecule has 0 spiro atoms. The maximum atomic E-state index is 6.05. The number of halogens is 1. The zero-order valence-corrected chi connectivity index (χ0v) is 13.6. The quantitative estimate of drug-likeness (QED) is 0.473. The average molecular weight is 289 g/mol. The van der Waals surface area contributed by atoms with Crippen LogP contribution in [0.2, 0.25) is 19.1 Å². The Bertz CT molecular complexity index is 336. The molecular weight excluding hydrogens is 264 g/mol. The minimum Gasteiger partial charge on any atom is -0.464 e. The number of unbranched alkanes of at least 4 members (excludes halogenated alkanes) is 1. The fourth-order valence-electron chi connectivity index (χ4n) is 1.82. The number of hydrogen-bond acceptors (Lipinski definition) is 2. The summed E-state index contributed by atoms with van der Waals surface area (Å²) in [6.45, 7) is 7.39. The molecule has 0 aliphatic rings. The first kappa shape index (κ1) is 15.8. The van der Waals surface area contributed by atoms with Crippen LogP contribution >= 0.6 is 11.6 Å². The van der Waals surface area contributed by atoms with E-state index in [1.54, 1.807) is 0 Å². The standard InChI is InChI=1S/C14H25ClO2Si/c1-4-5-11-18(2,3)16-12-14-9-8-13(17-14)7-6-10-15/h8-9H,4-7,10-12H2,1-3H3. The molecular formula is C14H25ClO2Si. The van der Waals surface area contributed by atoms with Crippen LogP contribution in [0.15, 0.2) is 16.5 Å². The Labute approximate surface area is 117 Å². The molecule has 4 heteroatoms. The third-order valence-corrected chi connectivity index (χ3v) is 5.76. The van der Waals surface area contributed by atoms with Gasteiger partial charge in [-0.05, 0) is 37.7 Å². The third kappa shape index (κ3) is 6.07. The summed E-state index contributed by atoms with van der Waals surface area (Å²) in [5.74, 6) is 2.64. The molecule has 0 fully saturated rings. The highest BCUT2D eigenvalue weighted by Gasteiger charge is 2.22. The van der Waals surface area contributed by atoms with Crippen molar-refractivity contribution in [2.75, 3.05) is 5.88 Å². The van der Waals surface area contributed by atoms with Crippen molar-refractivity contribution in [2.24, 2.45) is 0 Å². The monoisotopic (exact) mass is 288 g/mol. The molecule has 1 heterocycles. The Morgan fingerprint density at radius 3 is 2.61 bits per heavy atom. The minimum absolute atomic E-state index is 0.615. The molecule has 0 saturated carbocycles. The highest BCUT2D eigenvalue weighted by molar-refractivity contribution is 6.71. The highest BCUT2D eigenvalue weighted by Crippen LogP contribution is 2.18. The molecule has 1 rings (SSSR count). The van der Waals surface area contributed by atoms with Crippen LogP contribution in [0.5, 0.6) is 0 Å². The van der Waals surface area contributed by atoms with Gasteiger partial charge in [0.25, 0.3) is 0 Å². The molecule has 0 aliphatic carbocycles. The molecule has 0 unspecified atom stereocenters. The molecule has 0 N–H and O–H groups in total. The van der Waals surface area contributed by atoms with Gasteiger partial charge in [0.1, 0.15) is 11.5 Å². The van der Waals surface area contributed by atoms with Gasteiger partial charge in [0, 0.05) is 12.3 Å². The molecule has 18 heavy (non-hydrogen) atoms. The lowest BCUT2D eigenvalue weighted by atomic mass is 10.3. The van der Waals surface area contributed by atoms with E-state index in [0.717, 1.165) is 24.4 Å². The first-order chi connectivity index (χ1) is 8.57. The van der Waals surface area contributed by atoms with Crippen molar-refractivity contribution in [3.63, 3.8) is 0 Å². The fraction of sp³-hybridized carbons (Fsp3) is 0.714. The van der Waals surface area contributed by atoms with Crippen molar-refractivity contribution in [3.8, 4) is 0 Å². The molecule has 2 nitrogen and oxygen atoms in total. The number of alkyl halides is 1. The largest absolute Gasteiger partial charge is 0.464 e. The first-order valence-corrected chi connectivity index (χ1v) is 10.5. The van der Waals surface area contributed by atoms with Crippen molar-refractivity contribution in [2.45, 2.75) is 58.4 Å². The molecule has 1 aromatic heterocycles. The van der Waals surface area contributed by atoms with Gasteiger partial charge in [-0.25, -0.2) is 0 Å². The van der Waals surface area contributed by atoms with E-state index in [1.807, 2.05) is 12.1 Å². The fourth-order valence-corrected chi connectivity index (χ4v) is 3.83. The van der Waals surface area contributed by atoms with Crippen LogP contribution < -0.4 is 0 Å². The number of hydrogen-bond donors (Lipinski definition) is 0. The molecule has 0 saturated heterocycles. The molecule has 0 bridgehead atoms. The number of rotatable bonds is 9. The van der Waals surface area contributed by atoms with Gasteiger partial charge in [-0.1, -0.05) is 19.8 Å². The number of aryl methyl sites for hydroxylation is 1. The summed E-state index contributed by atoms with van der Waals surface area (Å²) >= 11 is 5.67. The topological polar surface area (TPSA) is 22.4 Å². The summed E-state index contributed by atoms with van der Waals surface area (Å²) in [6, 6.07) is 5.28. The van der Waals surface area contributed by atoms with Gasteiger partial charge < -0.3 is 8.84 Å². The first-order valence-electron chi connectivity index (χ1n) is 6.85. The summed E-state index contributed by atoms with van der Waals surface area (Å²) < 4.78 is 11.8. The highest BCUT2D eigenvalue weighted by atomic mass is 35.5. The average Bonchev–Trinajstić information content (AvgIpc) is 2.80. The van der Waals surface area contributed by atoms with Crippen molar-refractivity contribution in [3.05, 3.63) is 23.7 Å². The van der Waals surface area contributed by atoms with E-state index < -0.39 is 8.32 Å². The van der Waals surface area contributed by atoms with Crippen LogP contribution in [0.4, 0.5) is 0 Å². The molecule has 104 valence electrons. The Kier molecular flexibility index (Phi) is 7.05. The Hall–Kier alpha value is -0.253.